The molecule has 2 aromatic rings. The van der Waals surface area contributed by atoms with E-state index in [4.69, 9.17) is 10.5 Å². The molecule has 2 rings (SSSR count). The molecule has 0 saturated carbocycles. The Hall–Kier alpha value is -1.62. The predicted octanol–water partition coefficient (Wildman–Crippen LogP) is 2.05. The van der Waals surface area contributed by atoms with Gasteiger partial charge in [0.15, 0.2) is 5.65 Å². The number of fused-ring (bicyclic) bond motifs is 1. The maximum atomic E-state index is 5.83. The second-order valence-electron chi connectivity index (χ2n) is 4.91. The molecular weight excluding hydrogens is 228 g/mol. The first-order valence-corrected chi connectivity index (χ1v) is 6.24. The molecule has 0 spiro atoms. The zero-order chi connectivity index (χ0) is 13.1. The largest absolute Gasteiger partial charge is 0.481 e. The second-order valence-corrected chi connectivity index (χ2v) is 4.91. The molecule has 98 valence electrons. The van der Waals surface area contributed by atoms with Crippen LogP contribution in [0.3, 0.4) is 0 Å². The molecule has 0 aliphatic carbocycles. The summed E-state index contributed by atoms with van der Waals surface area (Å²) in [6.45, 7) is 4.97. The number of H-pyrrole nitrogens is 1. The van der Waals surface area contributed by atoms with Crippen molar-refractivity contribution >= 4 is 11.2 Å². The van der Waals surface area contributed by atoms with Gasteiger partial charge in [0.2, 0.25) is 5.88 Å². The van der Waals surface area contributed by atoms with Crippen molar-refractivity contribution in [1.29, 1.82) is 0 Å². The zero-order valence-corrected chi connectivity index (χ0v) is 11.1. The van der Waals surface area contributed by atoms with Crippen LogP contribution in [0.15, 0.2) is 12.1 Å². The highest BCUT2D eigenvalue weighted by molar-refractivity contribution is 5.71. The van der Waals surface area contributed by atoms with Gasteiger partial charge in [-0.25, -0.2) is 4.98 Å². The van der Waals surface area contributed by atoms with E-state index in [1.807, 2.05) is 12.1 Å². The van der Waals surface area contributed by atoms with Gasteiger partial charge in [-0.15, -0.1) is 0 Å². The summed E-state index contributed by atoms with van der Waals surface area (Å²) in [5.74, 6) is 2.34. The minimum atomic E-state index is 0.255. The van der Waals surface area contributed by atoms with Gasteiger partial charge >= 0.3 is 0 Å². The highest BCUT2D eigenvalue weighted by atomic mass is 16.5. The Labute approximate surface area is 107 Å². The minimum Gasteiger partial charge on any atom is -0.481 e. The number of rotatable bonds is 5. The molecule has 0 aliphatic rings. The normalized spacial score (nSPS) is 13.2. The molecule has 0 aromatic carbocycles. The van der Waals surface area contributed by atoms with Gasteiger partial charge in [-0.3, -0.25) is 0 Å². The number of ether oxygens (including phenoxy) is 1. The first-order valence-electron chi connectivity index (χ1n) is 6.24. The summed E-state index contributed by atoms with van der Waals surface area (Å²) in [5, 5.41) is 0. The van der Waals surface area contributed by atoms with Crippen molar-refractivity contribution in [3.8, 4) is 5.88 Å². The number of pyridine rings is 1. The molecule has 18 heavy (non-hydrogen) atoms. The molecule has 2 aromatic heterocycles. The van der Waals surface area contributed by atoms with Crippen LogP contribution in [0.1, 0.15) is 32.0 Å². The Morgan fingerprint density at radius 1 is 1.33 bits per heavy atom. The number of aromatic nitrogens is 3. The van der Waals surface area contributed by atoms with Crippen LogP contribution in [0, 0.1) is 5.92 Å². The number of nitrogens with two attached hydrogens (primary N) is 1. The Kier molecular flexibility index (Phi) is 3.81. The molecular formula is C13H20N4O. The van der Waals surface area contributed by atoms with Crippen LogP contribution in [0.5, 0.6) is 5.88 Å². The van der Waals surface area contributed by atoms with Gasteiger partial charge in [-0.05, 0) is 18.4 Å². The highest BCUT2D eigenvalue weighted by Gasteiger charge is 2.16. The molecule has 5 nitrogen and oxygen atoms in total. The second kappa shape index (κ2) is 5.35. The molecule has 0 aliphatic heterocycles. The van der Waals surface area contributed by atoms with Crippen molar-refractivity contribution < 1.29 is 4.74 Å². The number of imidazole rings is 1. The number of hydrogen-bond acceptors (Lipinski definition) is 4. The maximum absolute atomic E-state index is 5.83. The molecule has 0 amide bonds. The van der Waals surface area contributed by atoms with Gasteiger partial charge in [-0.2, -0.15) is 4.98 Å². The summed E-state index contributed by atoms with van der Waals surface area (Å²) in [7, 11) is 1.60. The SMILES string of the molecule is COc1ccc2[nH]c(C(CN)CC(C)C)nc2n1. The monoisotopic (exact) mass is 248 g/mol. The van der Waals surface area contributed by atoms with E-state index in [-0.39, 0.29) is 5.92 Å². The lowest BCUT2D eigenvalue weighted by Crippen LogP contribution is -2.15. The third kappa shape index (κ3) is 2.61. The van der Waals surface area contributed by atoms with E-state index >= 15 is 0 Å². The van der Waals surface area contributed by atoms with Gasteiger partial charge in [0.1, 0.15) is 5.82 Å². The minimum absolute atomic E-state index is 0.255. The Bertz CT molecular complexity index is 521. The Morgan fingerprint density at radius 2 is 2.11 bits per heavy atom. The van der Waals surface area contributed by atoms with Crippen molar-refractivity contribution in [3.63, 3.8) is 0 Å². The van der Waals surface area contributed by atoms with Crippen molar-refractivity contribution in [2.24, 2.45) is 11.7 Å². The van der Waals surface area contributed by atoms with Crippen LogP contribution in [0.25, 0.3) is 11.2 Å². The Balaban J connectivity index is 2.33. The van der Waals surface area contributed by atoms with Gasteiger partial charge in [0.25, 0.3) is 0 Å². The van der Waals surface area contributed by atoms with Gasteiger partial charge in [0.05, 0.1) is 12.6 Å². The van der Waals surface area contributed by atoms with Gasteiger partial charge in [-0.1, -0.05) is 13.8 Å². The molecule has 0 bridgehead atoms. The molecule has 0 saturated heterocycles. The van der Waals surface area contributed by atoms with E-state index < -0.39 is 0 Å². The van der Waals surface area contributed by atoms with E-state index in [9.17, 15) is 0 Å². The van der Waals surface area contributed by atoms with E-state index in [0.29, 0.717) is 24.0 Å². The average molecular weight is 248 g/mol. The predicted molar refractivity (Wildman–Crippen MR) is 71.7 cm³/mol. The van der Waals surface area contributed by atoms with Gasteiger partial charge < -0.3 is 15.5 Å². The molecule has 0 fully saturated rings. The molecule has 1 atom stereocenters. The summed E-state index contributed by atoms with van der Waals surface area (Å²) in [4.78, 5) is 12.1. The number of nitrogens with zero attached hydrogens (tertiary/aromatic N) is 2. The summed E-state index contributed by atoms with van der Waals surface area (Å²) >= 11 is 0. The van der Waals surface area contributed by atoms with E-state index in [0.717, 1.165) is 17.8 Å². The average Bonchev–Trinajstić information content (AvgIpc) is 2.77. The molecule has 3 N–H and O–H groups in total. The highest BCUT2D eigenvalue weighted by Crippen LogP contribution is 2.23. The molecule has 5 heteroatoms. The van der Waals surface area contributed by atoms with Crippen LogP contribution in [0.4, 0.5) is 0 Å². The standard InChI is InChI=1S/C13H20N4O/c1-8(2)6-9(7-14)12-15-10-4-5-11(18-3)16-13(10)17-12/h4-5,8-9H,6-7,14H2,1-3H3,(H,15,16,17). The van der Waals surface area contributed by atoms with E-state index in [1.165, 1.54) is 0 Å². The number of aromatic amines is 1. The lowest BCUT2D eigenvalue weighted by Gasteiger charge is -2.13. The van der Waals surface area contributed by atoms with Crippen molar-refractivity contribution in [2.45, 2.75) is 26.2 Å². The van der Waals surface area contributed by atoms with Crippen LogP contribution in [0.2, 0.25) is 0 Å². The lowest BCUT2D eigenvalue weighted by molar-refractivity contribution is 0.399. The first kappa shape index (κ1) is 12.8. The fourth-order valence-electron chi connectivity index (χ4n) is 2.09. The van der Waals surface area contributed by atoms with Crippen molar-refractivity contribution in [3.05, 3.63) is 18.0 Å². The maximum Gasteiger partial charge on any atom is 0.215 e. The van der Waals surface area contributed by atoms with Gasteiger partial charge in [0, 0.05) is 18.5 Å². The Morgan fingerprint density at radius 3 is 2.72 bits per heavy atom. The fraction of sp³-hybridized carbons (Fsp3) is 0.538. The summed E-state index contributed by atoms with van der Waals surface area (Å²) in [6.07, 6.45) is 1.02. The number of nitrogens with one attached hydrogen (secondary N) is 1. The topological polar surface area (TPSA) is 76.8 Å². The molecule has 2 heterocycles. The summed E-state index contributed by atoms with van der Waals surface area (Å²) in [6, 6.07) is 3.75. The quantitative estimate of drug-likeness (QED) is 0.849. The fourth-order valence-corrected chi connectivity index (χ4v) is 2.09. The number of hydrogen-bond donors (Lipinski definition) is 2. The third-order valence-electron chi connectivity index (χ3n) is 2.97. The van der Waals surface area contributed by atoms with Crippen molar-refractivity contribution in [1.82, 2.24) is 15.0 Å². The van der Waals surface area contributed by atoms with E-state index in [2.05, 4.69) is 28.8 Å². The van der Waals surface area contributed by atoms with Crippen molar-refractivity contribution in [2.75, 3.05) is 13.7 Å². The molecule has 0 radical (unpaired) electrons. The van der Waals surface area contributed by atoms with Crippen LogP contribution < -0.4 is 10.5 Å². The zero-order valence-electron chi connectivity index (χ0n) is 11.1. The van der Waals surface area contributed by atoms with E-state index in [1.54, 1.807) is 7.11 Å². The summed E-state index contributed by atoms with van der Waals surface area (Å²) < 4.78 is 5.09. The smallest absolute Gasteiger partial charge is 0.215 e. The molecule has 1 unspecified atom stereocenters. The summed E-state index contributed by atoms with van der Waals surface area (Å²) in [5.41, 5.74) is 7.44. The van der Waals surface area contributed by atoms with Crippen LogP contribution in [-0.4, -0.2) is 28.6 Å². The van der Waals surface area contributed by atoms with Crippen LogP contribution >= 0.6 is 0 Å². The number of methoxy groups -OCH3 is 1. The third-order valence-corrected chi connectivity index (χ3v) is 2.97. The van der Waals surface area contributed by atoms with Crippen LogP contribution in [-0.2, 0) is 0 Å². The first-order chi connectivity index (χ1) is 8.63. The lowest BCUT2D eigenvalue weighted by atomic mass is 9.97.